The largest absolute Gasteiger partial charge is 0.348 e. The highest BCUT2D eigenvalue weighted by molar-refractivity contribution is 6.31. The van der Waals surface area contributed by atoms with Crippen LogP contribution in [0.25, 0.3) is 11.4 Å². The number of carbonyl (C=O) groups excluding carboxylic acids is 1. The average Bonchev–Trinajstić information content (AvgIpc) is 3.03. The molecule has 0 aliphatic heterocycles. The molecule has 2 aromatic carbocycles. The second kappa shape index (κ2) is 7.63. The number of aromatic nitrogens is 4. The van der Waals surface area contributed by atoms with Crippen LogP contribution in [0.4, 0.5) is 0 Å². The SMILES string of the molecule is C[C@H](NC(=O)Cn1nnc(-c2cccc(Cl)c2)n1)c1ccc(Cl)cc1. The van der Waals surface area contributed by atoms with E-state index in [9.17, 15) is 4.79 Å². The van der Waals surface area contributed by atoms with E-state index in [-0.39, 0.29) is 18.5 Å². The van der Waals surface area contributed by atoms with Crippen LogP contribution < -0.4 is 5.32 Å². The third kappa shape index (κ3) is 4.55. The van der Waals surface area contributed by atoms with Crippen LogP contribution in [-0.4, -0.2) is 26.1 Å². The topological polar surface area (TPSA) is 72.7 Å². The van der Waals surface area contributed by atoms with Crippen molar-refractivity contribution in [3.05, 3.63) is 64.1 Å². The quantitative estimate of drug-likeness (QED) is 0.740. The lowest BCUT2D eigenvalue weighted by Gasteiger charge is -2.14. The van der Waals surface area contributed by atoms with Gasteiger partial charge in [0.1, 0.15) is 6.54 Å². The third-order valence-electron chi connectivity index (χ3n) is 3.57. The summed E-state index contributed by atoms with van der Waals surface area (Å²) in [6.07, 6.45) is 0. The first-order valence-electron chi connectivity index (χ1n) is 7.60. The van der Waals surface area contributed by atoms with Gasteiger partial charge in [0.2, 0.25) is 11.7 Å². The van der Waals surface area contributed by atoms with Crippen LogP contribution in [0, 0.1) is 0 Å². The van der Waals surface area contributed by atoms with Crippen molar-refractivity contribution < 1.29 is 4.79 Å². The zero-order valence-electron chi connectivity index (χ0n) is 13.4. The van der Waals surface area contributed by atoms with Crippen molar-refractivity contribution in [3.8, 4) is 11.4 Å². The molecule has 0 aliphatic rings. The first-order valence-corrected chi connectivity index (χ1v) is 8.35. The Kier molecular flexibility index (Phi) is 5.31. The highest BCUT2D eigenvalue weighted by Gasteiger charge is 2.13. The molecule has 6 nitrogen and oxygen atoms in total. The van der Waals surface area contributed by atoms with Crippen LogP contribution in [0.2, 0.25) is 10.0 Å². The van der Waals surface area contributed by atoms with Gasteiger partial charge in [-0.3, -0.25) is 4.79 Å². The predicted molar refractivity (Wildman–Crippen MR) is 96.3 cm³/mol. The van der Waals surface area contributed by atoms with Crippen LogP contribution in [0.1, 0.15) is 18.5 Å². The summed E-state index contributed by atoms with van der Waals surface area (Å²) < 4.78 is 0. The van der Waals surface area contributed by atoms with Crippen molar-refractivity contribution in [3.63, 3.8) is 0 Å². The normalized spacial score (nSPS) is 12.0. The second-order valence-electron chi connectivity index (χ2n) is 5.49. The van der Waals surface area contributed by atoms with E-state index in [0.29, 0.717) is 15.9 Å². The van der Waals surface area contributed by atoms with Crippen LogP contribution in [-0.2, 0) is 11.3 Å². The zero-order valence-corrected chi connectivity index (χ0v) is 14.9. The maximum atomic E-state index is 12.2. The van der Waals surface area contributed by atoms with E-state index in [1.807, 2.05) is 25.1 Å². The number of hydrogen-bond acceptors (Lipinski definition) is 4. The molecule has 1 heterocycles. The second-order valence-corrected chi connectivity index (χ2v) is 6.37. The van der Waals surface area contributed by atoms with E-state index in [1.165, 1.54) is 4.80 Å². The lowest BCUT2D eigenvalue weighted by atomic mass is 10.1. The van der Waals surface area contributed by atoms with Gasteiger partial charge in [-0.25, -0.2) is 0 Å². The van der Waals surface area contributed by atoms with Gasteiger partial charge in [0.25, 0.3) is 0 Å². The summed E-state index contributed by atoms with van der Waals surface area (Å²) in [4.78, 5) is 13.4. The van der Waals surface area contributed by atoms with Gasteiger partial charge in [-0.15, -0.1) is 10.2 Å². The molecule has 1 N–H and O–H groups in total. The summed E-state index contributed by atoms with van der Waals surface area (Å²) in [5.41, 5.74) is 1.71. The van der Waals surface area contributed by atoms with Crippen LogP contribution in [0.5, 0.6) is 0 Å². The predicted octanol–water partition coefficient (Wildman–Crippen LogP) is 3.52. The number of carbonyl (C=O) groups is 1. The number of nitrogens with zero attached hydrogens (tertiary/aromatic N) is 4. The highest BCUT2D eigenvalue weighted by atomic mass is 35.5. The van der Waals surface area contributed by atoms with Gasteiger partial charge in [0.05, 0.1) is 6.04 Å². The van der Waals surface area contributed by atoms with Gasteiger partial charge >= 0.3 is 0 Å². The van der Waals surface area contributed by atoms with E-state index in [4.69, 9.17) is 23.2 Å². The fraction of sp³-hybridized carbons (Fsp3) is 0.176. The molecule has 0 saturated carbocycles. The first kappa shape index (κ1) is 17.4. The van der Waals surface area contributed by atoms with Crippen molar-refractivity contribution in [2.24, 2.45) is 0 Å². The van der Waals surface area contributed by atoms with Crippen molar-refractivity contribution in [2.45, 2.75) is 19.5 Å². The Balaban J connectivity index is 1.62. The first-order chi connectivity index (χ1) is 12.0. The lowest BCUT2D eigenvalue weighted by Crippen LogP contribution is -2.30. The van der Waals surface area contributed by atoms with Crippen LogP contribution in [0.15, 0.2) is 48.5 Å². The Hall–Kier alpha value is -2.44. The van der Waals surface area contributed by atoms with Crippen molar-refractivity contribution >= 4 is 29.1 Å². The molecule has 25 heavy (non-hydrogen) atoms. The van der Waals surface area contributed by atoms with E-state index in [1.54, 1.807) is 30.3 Å². The van der Waals surface area contributed by atoms with Gasteiger partial charge < -0.3 is 5.32 Å². The van der Waals surface area contributed by atoms with Crippen molar-refractivity contribution in [1.82, 2.24) is 25.5 Å². The molecule has 1 atom stereocenters. The number of rotatable bonds is 5. The molecule has 3 aromatic rings. The Morgan fingerprint density at radius 3 is 2.64 bits per heavy atom. The molecule has 0 bridgehead atoms. The number of halogens is 2. The molecule has 0 fully saturated rings. The summed E-state index contributed by atoms with van der Waals surface area (Å²) in [7, 11) is 0. The summed E-state index contributed by atoms with van der Waals surface area (Å²) in [5, 5.41) is 16.2. The minimum absolute atomic E-state index is 0.0223. The fourth-order valence-corrected chi connectivity index (χ4v) is 2.62. The molecule has 1 amide bonds. The molecule has 0 aliphatic carbocycles. The van der Waals surface area contributed by atoms with Gasteiger partial charge in [0, 0.05) is 15.6 Å². The Morgan fingerprint density at radius 2 is 1.92 bits per heavy atom. The van der Waals surface area contributed by atoms with E-state index in [2.05, 4.69) is 20.7 Å². The molecule has 0 saturated heterocycles. The third-order valence-corrected chi connectivity index (χ3v) is 4.06. The highest BCUT2D eigenvalue weighted by Crippen LogP contribution is 2.18. The molecule has 3 rings (SSSR count). The van der Waals surface area contributed by atoms with Crippen LogP contribution >= 0.6 is 23.2 Å². The van der Waals surface area contributed by atoms with Gasteiger partial charge in [-0.05, 0) is 42.0 Å². The van der Waals surface area contributed by atoms with Crippen molar-refractivity contribution in [2.75, 3.05) is 0 Å². The number of tetrazole rings is 1. The summed E-state index contributed by atoms with van der Waals surface area (Å²) in [6, 6.07) is 14.3. The van der Waals surface area contributed by atoms with Gasteiger partial charge in [0.15, 0.2) is 0 Å². The van der Waals surface area contributed by atoms with Gasteiger partial charge in [-0.1, -0.05) is 47.5 Å². The number of benzene rings is 2. The standard InChI is InChI=1S/C17H15Cl2N5O/c1-11(12-5-7-14(18)8-6-12)20-16(25)10-24-22-17(21-23-24)13-3-2-4-15(19)9-13/h2-9,11H,10H2,1H3,(H,20,25)/t11-/m0/s1. The number of nitrogens with one attached hydrogen (secondary N) is 1. The Bertz CT molecular complexity index is 879. The maximum absolute atomic E-state index is 12.2. The lowest BCUT2D eigenvalue weighted by molar-refractivity contribution is -0.122. The molecule has 0 radical (unpaired) electrons. The maximum Gasteiger partial charge on any atom is 0.244 e. The summed E-state index contributed by atoms with van der Waals surface area (Å²) in [5.74, 6) is 0.207. The molecule has 1 aromatic heterocycles. The average molecular weight is 376 g/mol. The molecular weight excluding hydrogens is 361 g/mol. The molecule has 0 unspecified atom stereocenters. The number of amides is 1. The van der Waals surface area contributed by atoms with E-state index < -0.39 is 0 Å². The molecule has 128 valence electrons. The summed E-state index contributed by atoms with van der Waals surface area (Å²) in [6.45, 7) is 1.87. The monoisotopic (exact) mass is 375 g/mol. The summed E-state index contributed by atoms with van der Waals surface area (Å²) >= 11 is 11.8. The Labute approximate surface area is 154 Å². The number of hydrogen-bond donors (Lipinski definition) is 1. The molecule has 0 spiro atoms. The zero-order chi connectivity index (χ0) is 17.8. The van der Waals surface area contributed by atoms with Crippen LogP contribution in [0.3, 0.4) is 0 Å². The Morgan fingerprint density at radius 1 is 1.16 bits per heavy atom. The smallest absolute Gasteiger partial charge is 0.244 e. The molecule has 8 heteroatoms. The van der Waals surface area contributed by atoms with Crippen molar-refractivity contribution in [1.29, 1.82) is 0 Å². The van der Waals surface area contributed by atoms with E-state index >= 15 is 0 Å². The minimum Gasteiger partial charge on any atom is -0.348 e. The van der Waals surface area contributed by atoms with E-state index in [0.717, 1.165) is 11.1 Å². The fourth-order valence-electron chi connectivity index (χ4n) is 2.30. The molecular formula is C17H15Cl2N5O. The minimum atomic E-state index is -0.211. The van der Waals surface area contributed by atoms with Gasteiger partial charge in [-0.2, -0.15) is 4.80 Å².